The van der Waals surface area contributed by atoms with Gasteiger partial charge in [-0.1, -0.05) is 25.8 Å². The maximum absolute atomic E-state index is 11.2. The number of hydrogen-bond acceptors (Lipinski definition) is 4. The number of rotatable bonds is 4. The monoisotopic (exact) mass is 278 g/mol. The van der Waals surface area contributed by atoms with E-state index >= 15 is 0 Å². The molecule has 0 bridgehead atoms. The molecule has 0 radical (unpaired) electrons. The summed E-state index contributed by atoms with van der Waals surface area (Å²) in [7, 11) is 1.93. The molecule has 110 valence electrons. The number of aliphatic hydroxyl groups is 1. The zero-order valence-corrected chi connectivity index (χ0v) is 12.1. The Balaban J connectivity index is 2.28. The van der Waals surface area contributed by atoms with Crippen LogP contribution in [0.15, 0.2) is 18.2 Å². The number of nitrogens with zero attached hydrogens (tertiary/aromatic N) is 2. The minimum absolute atomic E-state index is 0.0808. The fourth-order valence-electron chi connectivity index (χ4n) is 3.06. The number of nitro benzene ring substituents is 1. The van der Waals surface area contributed by atoms with Gasteiger partial charge in [-0.3, -0.25) is 10.1 Å². The molecular weight excluding hydrogens is 256 g/mol. The van der Waals surface area contributed by atoms with Crippen molar-refractivity contribution in [2.45, 2.75) is 45.3 Å². The van der Waals surface area contributed by atoms with E-state index in [-0.39, 0.29) is 17.2 Å². The zero-order valence-electron chi connectivity index (χ0n) is 12.1. The Morgan fingerprint density at radius 1 is 1.45 bits per heavy atom. The van der Waals surface area contributed by atoms with E-state index in [0.29, 0.717) is 23.2 Å². The molecule has 0 aromatic heterocycles. The summed E-state index contributed by atoms with van der Waals surface area (Å²) in [6.45, 7) is 2.06. The molecule has 1 aliphatic rings. The largest absolute Gasteiger partial charge is 0.392 e. The first kappa shape index (κ1) is 14.8. The molecule has 5 nitrogen and oxygen atoms in total. The quantitative estimate of drug-likeness (QED) is 0.679. The molecule has 0 amide bonds. The summed E-state index contributed by atoms with van der Waals surface area (Å²) in [4.78, 5) is 12.9. The van der Waals surface area contributed by atoms with Gasteiger partial charge in [0.1, 0.15) is 5.69 Å². The van der Waals surface area contributed by atoms with Crippen molar-refractivity contribution in [3.05, 3.63) is 33.9 Å². The topological polar surface area (TPSA) is 66.6 Å². The minimum Gasteiger partial charge on any atom is -0.392 e. The summed E-state index contributed by atoms with van der Waals surface area (Å²) >= 11 is 0. The summed E-state index contributed by atoms with van der Waals surface area (Å²) in [5.74, 6) is 0.673. The molecule has 0 spiro atoms. The SMILES string of the molecule is CC1CCCC(N(C)c2ccc(CO)cc2[N+](=O)[O-])C1. The van der Waals surface area contributed by atoms with Crippen molar-refractivity contribution in [3.63, 3.8) is 0 Å². The van der Waals surface area contributed by atoms with Crippen LogP contribution in [0, 0.1) is 16.0 Å². The first-order chi connectivity index (χ1) is 9.52. The third-order valence-electron chi connectivity index (χ3n) is 4.26. The van der Waals surface area contributed by atoms with E-state index in [2.05, 4.69) is 6.92 Å². The smallest absolute Gasteiger partial charge is 0.292 e. The minimum atomic E-state index is -0.364. The molecule has 1 fully saturated rings. The van der Waals surface area contributed by atoms with E-state index in [1.54, 1.807) is 12.1 Å². The van der Waals surface area contributed by atoms with Gasteiger partial charge in [0.25, 0.3) is 5.69 Å². The Kier molecular flexibility index (Phi) is 4.60. The fraction of sp³-hybridized carbons (Fsp3) is 0.600. The Hall–Kier alpha value is -1.62. The average molecular weight is 278 g/mol. The lowest BCUT2D eigenvalue weighted by Crippen LogP contribution is -2.35. The Labute approximate surface area is 119 Å². The van der Waals surface area contributed by atoms with Gasteiger partial charge in [-0.05, 0) is 30.4 Å². The molecule has 0 saturated heterocycles. The van der Waals surface area contributed by atoms with Crippen LogP contribution in [0.5, 0.6) is 0 Å². The second-order valence-corrected chi connectivity index (χ2v) is 5.77. The molecule has 2 atom stereocenters. The second-order valence-electron chi connectivity index (χ2n) is 5.77. The van der Waals surface area contributed by atoms with Crippen molar-refractivity contribution >= 4 is 11.4 Å². The third-order valence-corrected chi connectivity index (χ3v) is 4.26. The predicted molar refractivity (Wildman–Crippen MR) is 78.8 cm³/mol. The Bertz CT molecular complexity index is 490. The van der Waals surface area contributed by atoms with E-state index in [4.69, 9.17) is 5.11 Å². The number of nitro groups is 1. The van der Waals surface area contributed by atoms with Crippen molar-refractivity contribution < 1.29 is 10.0 Å². The van der Waals surface area contributed by atoms with E-state index in [0.717, 1.165) is 12.8 Å². The highest BCUT2D eigenvalue weighted by Crippen LogP contribution is 2.34. The van der Waals surface area contributed by atoms with Gasteiger partial charge >= 0.3 is 0 Å². The lowest BCUT2D eigenvalue weighted by atomic mass is 9.86. The lowest BCUT2D eigenvalue weighted by Gasteiger charge is -2.35. The van der Waals surface area contributed by atoms with Gasteiger partial charge in [0.15, 0.2) is 0 Å². The zero-order chi connectivity index (χ0) is 14.7. The molecule has 20 heavy (non-hydrogen) atoms. The molecule has 1 aromatic carbocycles. The van der Waals surface area contributed by atoms with Crippen molar-refractivity contribution in [2.24, 2.45) is 5.92 Å². The van der Waals surface area contributed by atoms with Crippen molar-refractivity contribution in [1.82, 2.24) is 0 Å². The van der Waals surface area contributed by atoms with Crippen LogP contribution in [-0.2, 0) is 6.61 Å². The standard InChI is InChI=1S/C15H22N2O3/c1-11-4-3-5-13(8-11)16(2)14-7-6-12(10-18)9-15(14)17(19)20/h6-7,9,11,13,18H,3-5,8,10H2,1-2H3. The number of benzene rings is 1. The average Bonchev–Trinajstić information content (AvgIpc) is 2.45. The lowest BCUT2D eigenvalue weighted by molar-refractivity contribution is -0.384. The van der Waals surface area contributed by atoms with Crippen LogP contribution in [0.1, 0.15) is 38.2 Å². The van der Waals surface area contributed by atoms with Crippen LogP contribution in [0.2, 0.25) is 0 Å². The summed E-state index contributed by atoms with van der Waals surface area (Å²) in [6, 6.07) is 5.34. The third kappa shape index (κ3) is 3.10. The van der Waals surface area contributed by atoms with Gasteiger partial charge in [0, 0.05) is 19.2 Å². The number of anilines is 1. The highest BCUT2D eigenvalue weighted by molar-refractivity contribution is 5.64. The first-order valence-corrected chi connectivity index (χ1v) is 7.14. The summed E-state index contributed by atoms with van der Waals surface area (Å²) in [5.41, 5.74) is 1.30. The normalized spacial score (nSPS) is 22.6. The maximum atomic E-state index is 11.2. The maximum Gasteiger partial charge on any atom is 0.292 e. The fourth-order valence-corrected chi connectivity index (χ4v) is 3.06. The molecular formula is C15H22N2O3. The van der Waals surface area contributed by atoms with Gasteiger partial charge in [0.05, 0.1) is 11.5 Å². The number of aliphatic hydroxyl groups excluding tert-OH is 1. The van der Waals surface area contributed by atoms with Crippen LogP contribution in [0.4, 0.5) is 11.4 Å². The van der Waals surface area contributed by atoms with E-state index < -0.39 is 0 Å². The molecule has 0 heterocycles. The predicted octanol–water partition coefficient (Wildman–Crippen LogP) is 3.10. The van der Waals surface area contributed by atoms with E-state index in [9.17, 15) is 10.1 Å². The van der Waals surface area contributed by atoms with Gasteiger partial charge in [-0.25, -0.2) is 0 Å². The van der Waals surface area contributed by atoms with Crippen molar-refractivity contribution in [1.29, 1.82) is 0 Å². The Morgan fingerprint density at radius 2 is 2.20 bits per heavy atom. The molecule has 2 rings (SSSR count). The van der Waals surface area contributed by atoms with E-state index in [1.165, 1.54) is 18.9 Å². The molecule has 2 unspecified atom stereocenters. The van der Waals surface area contributed by atoms with Crippen molar-refractivity contribution in [3.8, 4) is 0 Å². The summed E-state index contributed by atoms with van der Waals surface area (Å²) in [6.07, 6.45) is 4.59. The number of hydrogen-bond donors (Lipinski definition) is 1. The van der Waals surface area contributed by atoms with E-state index in [1.807, 2.05) is 11.9 Å². The molecule has 1 N–H and O–H groups in total. The summed E-state index contributed by atoms with van der Waals surface area (Å²) in [5, 5.41) is 20.4. The van der Waals surface area contributed by atoms with Crippen LogP contribution < -0.4 is 4.90 Å². The van der Waals surface area contributed by atoms with Crippen molar-refractivity contribution in [2.75, 3.05) is 11.9 Å². The van der Waals surface area contributed by atoms with Gasteiger partial charge in [-0.2, -0.15) is 0 Å². The van der Waals surface area contributed by atoms with Crippen LogP contribution >= 0.6 is 0 Å². The highest BCUT2D eigenvalue weighted by atomic mass is 16.6. The Morgan fingerprint density at radius 3 is 2.80 bits per heavy atom. The molecule has 1 aromatic rings. The van der Waals surface area contributed by atoms with Gasteiger partial charge in [-0.15, -0.1) is 0 Å². The molecule has 5 heteroatoms. The molecule has 1 aliphatic carbocycles. The van der Waals surface area contributed by atoms with Crippen LogP contribution in [-0.4, -0.2) is 23.1 Å². The first-order valence-electron chi connectivity index (χ1n) is 7.14. The molecule has 0 aliphatic heterocycles. The summed E-state index contributed by atoms with van der Waals surface area (Å²) < 4.78 is 0. The van der Waals surface area contributed by atoms with Gasteiger partial charge < -0.3 is 10.0 Å². The van der Waals surface area contributed by atoms with Gasteiger partial charge in [0.2, 0.25) is 0 Å². The highest BCUT2D eigenvalue weighted by Gasteiger charge is 2.26. The van der Waals surface area contributed by atoms with Crippen LogP contribution in [0.25, 0.3) is 0 Å². The van der Waals surface area contributed by atoms with Crippen LogP contribution in [0.3, 0.4) is 0 Å². The molecule has 1 saturated carbocycles. The second kappa shape index (κ2) is 6.22.